The minimum atomic E-state index is -1.10. The molecule has 0 aliphatic heterocycles. The molecule has 0 aliphatic carbocycles. The Morgan fingerprint density at radius 1 is 1.10 bits per heavy atom. The second-order valence-electron chi connectivity index (χ2n) is 6.86. The first-order chi connectivity index (χ1) is 14.9. The summed E-state index contributed by atoms with van der Waals surface area (Å²) in [7, 11) is 1.57. The highest BCUT2D eigenvalue weighted by Gasteiger charge is 2.23. The molecule has 160 valence electrons. The Morgan fingerprint density at radius 3 is 2.42 bits per heavy atom. The number of carbonyl (C=O) groups excluding carboxylic acids is 2. The normalized spacial score (nSPS) is 11.5. The van der Waals surface area contributed by atoms with Crippen molar-refractivity contribution in [3.8, 4) is 11.4 Å². The number of esters is 1. The topological polar surface area (TPSA) is 99.5 Å². The number of carbonyl (C=O) groups is 2. The Morgan fingerprint density at radius 2 is 1.77 bits per heavy atom. The second-order valence-corrected chi connectivity index (χ2v) is 6.86. The van der Waals surface area contributed by atoms with Gasteiger partial charge in [0.25, 0.3) is 5.91 Å². The van der Waals surface area contributed by atoms with Gasteiger partial charge in [-0.3, -0.25) is 9.59 Å². The molecule has 1 N–H and O–H groups in total. The monoisotopic (exact) mass is 421 g/mol. The van der Waals surface area contributed by atoms with E-state index in [0.29, 0.717) is 17.1 Å². The number of aromatic nitrogens is 2. The van der Waals surface area contributed by atoms with E-state index in [4.69, 9.17) is 9.47 Å². The van der Waals surface area contributed by atoms with Crippen LogP contribution in [0, 0.1) is 6.92 Å². The SMILES string of the molecule is COc1ccc(CNC(=O)[C@@H](C)OC(=O)c2nn(-c3ccccc3)c(C)cc2=O)cc1. The predicted octanol–water partition coefficient (Wildman–Crippen LogP) is 2.41. The molecule has 1 atom stereocenters. The lowest BCUT2D eigenvalue weighted by Crippen LogP contribution is -2.36. The van der Waals surface area contributed by atoms with Crippen molar-refractivity contribution >= 4 is 11.9 Å². The van der Waals surface area contributed by atoms with E-state index in [0.717, 1.165) is 5.56 Å². The predicted molar refractivity (Wildman–Crippen MR) is 114 cm³/mol. The van der Waals surface area contributed by atoms with Crippen molar-refractivity contribution in [3.05, 3.63) is 87.8 Å². The zero-order valence-corrected chi connectivity index (χ0v) is 17.5. The summed E-state index contributed by atoms with van der Waals surface area (Å²) >= 11 is 0. The number of rotatable bonds is 7. The van der Waals surface area contributed by atoms with Gasteiger partial charge < -0.3 is 14.8 Å². The molecule has 0 aliphatic rings. The summed E-state index contributed by atoms with van der Waals surface area (Å²) in [5, 5.41) is 6.84. The molecule has 0 spiro atoms. The molecule has 3 rings (SSSR count). The van der Waals surface area contributed by atoms with Crippen LogP contribution in [0.5, 0.6) is 5.75 Å². The van der Waals surface area contributed by atoms with E-state index in [1.807, 2.05) is 30.3 Å². The minimum absolute atomic E-state index is 0.258. The summed E-state index contributed by atoms with van der Waals surface area (Å²) in [6.07, 6.45) is -1.10. The standard InChI is InChI=1S/C23H23N3O5/c1-15-13-20(27)21(25-26(15)18-7-5-4-6-8-18)23(29)31-16(2)22(28)24-14-17-9-11-19(30-3)12-10-17/h4-13,16H,14H2,1-3H3,(H,24,28)/t16-/m1/s1. The molecule has 0 saturated heterocycles. The number of benzene rings is 2. The quantitative estimate of drug-likeness (QED) is 0.588. The first-order valence-electron chi connectivity index (χ1n) is 9.67. The van der Waals surface area contributed by atoms with Crippen LogP contribution in [0.3, 0.4) is 0 Å². The van der Waals surface area contributed by atoms with E-state index in [1.165, 1.54) is 17.7 Å². The number of aryl methyl sites for hydroxylation is 1. The Labute approximate surface area is 179 Å². The third-order valence-corrected chi connectivity index (χ3v) is 4.58. The van der Waals surface area contributed by atoms with Gasteiger partial charge in [-0.05, 0) is 43.7 Å². The molecule has 3 aromatic rings. The molecule has 1 aromatic heterocycles. The van der Waals surface area contributed by atoms with Gasteiger partial charge >= 0.3 is 5.97 Å². The Bertz CT molecular complexity index is 1120. The fraction of sp³-hybridized carbons (Fsp3) is 0.217. The maximum atomic E-state index is 12.5. The van der Waals surface area contributed by atoms with Gasteiger partial charge in [-0.25, -0.2) is 9.48 Å². The smallest absolute Gasteiger partial charge is 0.363 e. The highest BCUT2D eigenvalue weighted by molar-refractivity contribution is 5.90. The van der Waals surface area contributed by atoms with Gasteiger partial charge in [0, 0.05) is 18.3 Å². The van der Waals surface area contributed by atoms with E-state index < -0.39 is 23.4 Å². The molecule has 1 amide bonds. The summed E-state index contributed by atoms with van der Waals surface area (Å²) in [6.45, 7) is 3.41. The number of para-hydroxylation sites is 1. The molecular formula is C23H23N3O5. The minimum Gasteiger partial charge on any atom is -0.497 e. The number of hydrogen-bond donors (Lipinski definition) is 1. The fourth-order valence-corrected chi connectivity index (χ4v) is 2.87. The van der Waals surface area contributed by atoms with Gasteiger partial charge in [0.2, 0.25) is 11.1 Å². The molecule has 31 heavy (non-hydrogen) atoms. The Hall–Kier alpha value is -3.94. The number of methoxy groups -OCH3 is 1. The lowest BCUT2D eigenvalue weighted by Gasteiger charge is -2.14. The molecule has 0 radical (unpaired) electrons. The van der Waals surface area contributed by atoms with Crippen molar-refractivity contribution in [1.29, 1.82) is 0 Å². The van der Waals surface area contributed by atoms with Crippen molar-refractivity contribution in [3.63, 3.8) is 0 Å². The summed E-state index contributed by atoms with van der Waals surface area (Å²) in [6, 6.07) is 17.6. The van der Waals surface area contributed by atoms with Crippen molar-refractivity contribution in [2.75, 3.05) is 7.11 Å². The third kappa shape index (κ3) is 5.36. The van der Waals surface area contributed by atoms with Crippen molar-refractivity contribution in [2.24, 2.45) is 0 Å². The van der Waals surface area contributed by atoms with Crippen LogP contribution in [-0.4, -0.2) is 34.9 Å². The molecule has 8 heteroatoms. The van der Waals surface area contributed by atoms with E-state index in [1.54, 1.807) is 38.3 Å². The average Bonchev–Trinajstić information content (AvgIpc) is 2.78. The van der Waals surface area contributed by atoms with Crippen LogP contribution in [0.4, 0.5) is 0 Å². The second kappa shape index (κ2) is 9.71. The number of amides is 1. The van der Waals surface area contributed by atoms with Crippen LogP contribution in [-0.2, 0) is 16.1 Å². The van der Waals surface area contributed by atoms with E-state index in [-0.39, 0.29) is 12.2 Å². The maximum absolute atomic E-state index is 12.5. The molecule has 0 unspecified atom stereocenters. The van der Waals surface area contributed by atoms with Gasteiger partial charge in [-0.2, -0.15) is 5.10 Å². The van der Waals surface area contributed by atoms with Gasteiger partial charge in [0.1, 0.15) is 5.75 Å². The Kier molecular flexibility index (Phi) is 6.81. The summed E-state index contributed by atoms with van der Waals surface area (Å²) in [5.41, 5.74) is 1.17. The van der Waals surface area contributed by atoms with E-state index in [9.17, 15) is 14.4 Å². The highest BCUT2D eigenvalue weighted by atomic mass is 16.5. The van der Waals surface area contributed by atoms with Crippen molar-refractivity contribution in [2.45, 2.75) is 26.5 Å². The zero-order chi connectivity index (χ0) is 22.4. The summed E-state index contributed by atoms with van der Waals surface area (Å²) in [5.74, 6) is -0.731. The van der Waals surface area contributed by atoms with E-state index >= 15 is 0 Å². The van der Waals surface area contributed by atoms with Crippen LogP contribution in [0.15, 0.2) is 65.5 Å². The lowest BCUT2D eigenvalue weighted by atomic mass is 10.2. The first-order valence-corrected chi connectivity index (χ1v) is 9.67. The molecule has 1 heterocycles. The summed E-state index contributed by atoms with van der Waals surface area (Å²) in [4.78, 5) is 37.1. The third-order valence-electron chi connectivity index (χ3n) is 4.58. The number of ether oxygens (including phenoxy) is 2. The molecular weight excluding hydrogens is 398 g/mol. The first kappa shape index (κ1) is 21.8. The van der Waals surface area contributed by atoms with E-state index in [2.05, 4.69) is 10.4 Å². The molecule has 0 bridgehead atoms. The lowest BCUT2D eigenvalue weighted by molar-refractivity contribution is -0.129. The average molecular weight is 421 g/mol. The van der Waals surface area contributed by atoms with Gasteiger partial charge in [-0.1, -0.05) is 30.3 Å². The van der Waals surface area contributed by atoms with Gasteiger partial charge in [-0.15, -0.1) is 0 Å². The van der Waals surface area contributed by atoms with Crippen LogP contribution in [0.25, 0.3) is 5.69 Å². The number of hydrogen-bond acceptors (Lipinski definition) is 6. The Balaban J connectivity index is 1.67. The van der Waals surface area contributed by atoms with Gasteiger partial charge in [0.05, 0.1) is 12.8 Å². The molecule has 8 nitrogen and oxygen atoms in total. The van der Waals surface area contributed by atoms with Crippen LogP contribution in [0.1, 0.15) is 28.7 Å². The zero-order valence-electron chi connectivity index (χ0n) is 17.5. The van der Waals surface area contributed by atoms with Gasteiger partial charge in [0.15, 0.2) is 6.10 Å². The highest BCUT2D eigenvalue weighted by Crippen LogP contribution is 2.11. The van der Waals surface area contributed by atoms with Crippen LogP contribution < -0.4 is 15.5 Å². The number of nitrogens with zero attached hydrogens (tertiary/aromatic N) is 2. The van der Waals surface area contributed by atoms with Crippen molar-refractivity contribution in [1.82, 2.24) is 15.1 Å². The van der Waals surface area contributed by atoms with Crippen LogP contribution in [0.2, 0.25) is 0 Å². The molecule has 2 aromatic carbocycles. The number of nitrogens with one attached hydrogen (secondary N) is 1. The fourth-order valence-electron chi connectivity index (χ4n) is 2.87. The maximum Gasteiger partial charge on any atom is 0.363 e. The molecule has 0 fully saturated rings. The van der Waals surface area contributed by atoms with Crippen molar-refractivity contribution < 1.29 is 19.1 Å². The largest absolute Gasteiger partial charge is 0.497 e. The summed E-state index contributed by atoms with van der Waals surface area (Å²) < 4.78 is 11.8. The molecule has 0 saturated carbocycles. The van der Waals surface area contributed by atoms with Crippen LogP contribution >= 0.6 is 0 Å².